The first-order valence-electron chi connectivity index (χ1n) is 6.81. The van der Waals surface area contributed by atoms with Crippen LogP contribution in [0.3, 0.4) is 0 Å². The van der Waals surface area contributed by atoms with E-state index in [1.54, 1.807) is 0 Å². The van der Waals surface area contributed by atoms with E-state index in [0.717, 1.165) is 12.8 Å². The van der Waals surface area contributed by atoms with E-state index < -0.39 is 13.0 Å². The van der Waals surface area contributed by atoms with Crippen LogP contribution < -0.4 is 5.32 Å². The molecule has 1 aromatic carbocycles. The molecule has 2 nitrogen and oxygen atoms in total. The standard InChI is InChI=1S/C15H21F2NO/c1-11-2-4-12(5-3-11)13-8-14(9-13)18-6-7-19-10-15(16)17/h2-5,13-15,18H,6-10H2,1H3. The van der Waals surface area contributed by atoms with Crippen molar-refractivity contribution >= 4 is 0 Å². The molecule has 0 spiro atoms. The van der Waals surface area contributed by atoms with Crippen molar-refractivity contribution in [3.63, 3.8) is 0 Å². The Labute approximate surface area is 113 Å². The van der Waals surface area contributed by atoms with E-state index in [2.05, 4.69) is 36.5 Å². The van der Waals surface area contributed by atoms with E-state index in [1.165, 1.54) is 11.1 Å². The van der Waals surface area contributed by atoms with Gasteiger partial charge in [0.25, 0.3) is 6.43 Å². The molecule has 1 N–H and O–H groups in total. The molecule has 0 amide bonds. The lowest BCUT2D eigenvalue weighted by atomic mass is 9.76. The molecule has 0 saturated heterocycles. The summed E-state index contributed by atoms with van der Waals surface area (Å²) in [5.41, 5.74) is 2.69. The van der Waals surface area contributed by atoms with Gasteiger partial charge in [-0.05, 0) is 31.2 Å². The van der Waals surface area contributed by atoms with Gasteiger partial charge in [0.1, 0.15) is 6.61 Å². The van der Waals surface area contributed by atoms with E-state index >= 15 is 0 Å². The second-order valence-electron chi connectivity index (χ2n) is 5.20. The lowest BCUT2D eigenvalue weighted by Gasteiger charge is -2.36. The third kappa shape index (κ3) is 4.55. The van der Waals surface area contributed by atoms with Gasteiger partial charge in [-0.15, -0.1) is 0 Å². The molecular weight excluding hydrogens is 248 g/mol. The highest BCUT2D eigenvalue weighted by Crippen LogP contribution is 2.36. The summed E-state index contributed by atoms with van der Waals surface area (Å²) in [4.78, 5) is 0. The number of hydrogen-bond donors (Lipinski definition) is 1. The van der Waals surface area contributed by atoms with E-state index in [0.29, 0.717) is 25.1 Å². The molecule has 0 unspecified atom stereocenters. The predicted molar refractivity (Wildman–Crippen MR) is 71.8 cm³/mol. The van der Waals surface area contributed by atoms with Crippen LogP contribution in [0.5, 0.6) is 0 Å². The Morgan fingerprint density at radius 2 is 1.95 bits per heavy atom. The maximum absolute atomic E-state index is 11.8. The Morgan fingerprint density at radius 1 is 1.26 bits per heavy atom. The van der Waals surface area contributed by atoms with Crippen LogP contribution in [0.1, 0.15) is 29.9 Å². The number of ether oxygens (including phenoxy) is 1. The summed E-state index contributed by atoms with van der Waals surface area (Å²) in [6.45, 7) is 2.64. The quantitative estimate of drug-likeness (QED) is 0.768. The maximum atomic E-state index is 11.8. The van der Waals surface area contributed by atoms with Crippen LogP contribution in [-0.4, -0.2) is 32.2 Å². The zero-order valence-corrected chi connectivity index (χ0v) is 11.2. The molecule has 1 fully saturated rings. The molecule has 19 heavy (non-hydrogen) atoms. The van der Waals surface area contributed by atoms with Crippen LogP contribution in [0.15, 0.2) is 24.3 Å². The fourth-order valence-corrected chi connectivity index (χ4v) is 2.40. The fraction of sp³-hybridized carbons (Fsp3) is 0.600. The summed E-state index contributed by atoms with van der Waals surface area (Å²) >= 11 is 0. The lowest BCUT2D eigenvalue weighted by molar-refractivity contribution is 0.0174. The van der Waals surface area contributed by atoms with Crippen molar-refractivity contribution in [2.24, 2.45) is 0 Å². The minimum atomic E-state index is -2.37. The van der Waals surface area contributed by atoms with Gasteiger partial charge in [0.05, 0.1) is 6.61 Å². The summed E-state index contributed by atoms with van der Waals surface area (Å²) in [5, 5.41) is 3.33. The van der Waals surface area contributed by atoms with Gasteiger partial charge in [0.15, 0.2) is 0 Å². The number of benzene rings is 1. The molecule has 0 atom stereocenters. The van der Waals surface area contributed by atoms with Gasteiger partial charge in [-0.25, -0.2) is 8.78 Å². The van der Waals surface area contributed by atoms with Crippen molar-refractivity contribution in [2.75, 3.05) is 19.8 Å². The van der Waals surface area contributed by atoms with Crippen LogP contribution in [0.2, 0.25) is 0 Å². The van der Waals surface area contributed by atoms with Crippen LogP contribution in [0.4, 0.5) is 8.78 Å². The average Bonchev–Trinajstić information content (AvgIpc) is 2.32. The summed E-state index contributed by atoms with van der Waals surface area (Å²) in [7, 11) is 0. The summed E-state index contributed by atoms with van der Waals surface area (Å²) < 4.78 is 28.5. The molecule has 2 rings (SSSR count). The van der Waals surface area contributed by atoms with Crippen molar-refractivity contribution in [3.05, 3.63) is 35.4 Å². The number of halogens is 2. The third-order valence-corrected chi connectivity index (χ3v) is 3.61. The van der Waals surface area contributed by atoms with Gasteiger partial charge in [0.2, 0.25) is 0 Å². The summed E-state index contributed by atoms with van der Waals surface area (Å²) in [6, 6.07) is 9.19. The van der Waals surface area contributed by atoms with Crippen molar-refractivity contribution in [2.45, 2.75) is 38.2 Å². The first-order chi connectivity index (χ1) is 9.15. The first kappa shape index (κ1) is 14.4. The Hall–Kier alpha value is -1.00. The van der Waals surface area contributed by atoms with Crippen LogP contribution in [0, 0.1) is 6.92 Å². The molecule has 1 aromatic rings. The molecule has 4 heteroatoms. The van der Waals surface area contributed by atoms with E-state index in [4.69, 9.17) is 4.74 Å². The molecule has 1 aliphatic rings. The highest BCUT2D eigenvalue weighted by atomic mass is 19.3. The average molecular weight is 269 g/mol. The molecule has 0 aliphatic heterocycles. The predicted octanol–water partition coefficient (Wildman–Crippen LogP) is 3.11. The molecule has 106 valence electrons. The smallest absolute Gasteiger partial charge is 0.261 e. The molecule has 0 bridgehead atoms. The molecule has 0 aromatic heterocycles. The lowest BCUT2D eigenvalue weighted by Crippen LogP contribution is -2.41. The minimum Gasteiger partial charge on any atom is -0.374 e. The topological polar surface area (TPSA) is 21.3 Å². The summed E-state index contributed by atoms with van der Waals surface area (Å²) in [6.07, 6.45) is -0.120. The Bertz CT molecular complexity index is 374. The zero-order chi connectivity index (χ0) is 13.7. The highest BCUT2D eigenvalue weighted by molar-refractivity contribution is 5.26. The third-order valence-electron chi connectivity index (χ3n) is 3.61. The van der Waals surface area contributed by atoms with Gasteiger partial charge in [0, 0.05) is 12.6 Å². The second kappa shape index (κ2) is 6.96. The summed E-state index contributed by atoms with van der Waals surface area (Å²) in [5.74, 6) is 0.639. The largest absolute Gasteiger partial charge is 0.374 e. The normalized spacial score (nSPS) is 22.5. The number of rotatable bonds is 7. The Balaban J connectivity index is 1.57. The first-order valence-corrected chi connectivity index (χ1v) is 6.81. The minimum absolute atomic E-state index is 0.357. The van der Waals surface area contributed by atoms with Crippen LogP contribution >= 0.6 is 0 Å². The van der Waals surface area contributed by atoms with Gasteiger partial charge < -0.3 is 10.1 Å². The van der Waals surface area contributed by atoms with Gasteiger partial charge in [-0.3, -0.25) is 0 Å². The molecule has 1 saturated carbocycles. The van der Waals surface area contributed by atoms with Crippen molar-refractivity contribution in [3.8, 4) is 0 Å². The number of aryl methyl sites for hydroxylation is 1. The highest BCUT2D eigenvalue weighted by Gasteiger charge is 2.29. The monoisotopic (exact) mass is 269 g/mol. The number of hydrogen-bond acceptors (Lipinski definition) is 2. The molecule has 0 radical (unpaired) electrons. The van der Waals surface area contributed by atoms with E-state index in [-0.39, 0.29) is 0 Å². The van der Waals surface area contributed by atoms with Crippen LogP contribution in [-0.2, 0) is 4.74 Å². The fourth-order valence-electron chi connectivity index (χ4n) is 2.40. The van der Waals surface area contributed by atoms with Gasteiger partial charge in [-0.2, -0.15) is 0 Å². The maximum Gasteiger partial charge on any atom is 0.261 e. The zero-order valence-electron chi connectivity index (χ0n) is 11.2. The SMILES string of the molecule is Cc1ccc(C2CC(NCCOCC(F)F)C2)cc1. The molecule has 0 heterocycles. The van der Waals surface area contributed by atoms with Crippen molar-refractivity contribution < 1.29 is 13.5 Å². The Morgan fingerprint density at radius 3 is 2.58 bits per heavy atom. The van der Waals surface area contributed by atoms with E-state index in [1.807, 2.05) is 0 Å². The van der Waals surface area contributed by atoms with Crippen LogP contribution in [0.25, 0.3) is 0 Å². The van der Waals surface area contributed by atoms with E-state index in [9.17, 15) is 8.78 Å². The molecule has 1 aliphatic carbocycles. The van der Waals surface area contributed by atoms with Gasteiger partial charge >= 0.3 is 0 Å². The van der Waals surface area contributed by atoms with Crippen molar-refractivity contribution in [1.82, 2.24) is 5.32 Å². The van der Waals surface area contributed by atoms with Crippen molar-refractivity contribution in [1.29, 1.82) is 0 Å². The second-order valence-corrected chi connectivity index (χ2v) is 5.20. The number of alkyl halides is 2. The van der Waals surface area contributed by atoms with Gasteiger partial charge in [-0.1, -0.05) is 29.8 Å². The Kier molecular flexibility index (Phi) is 5.28. The number of nitrogens with one attached hydrogen (secondary N) is 1. The molecular formula is C15H21F2NO.